The second kappa shape index (κ2) is 4.88. The summed E-state index contributed by atoms with van der Waals surface area (Å²) in [6.07, 6.45) is 2.33. The van der Waals surface area contributed by atoms with Crippen LogP contribution in [0.5, 0.6) is 0 Å². The molecule has 1 heterocycles. The lowest BCUT2D eigenvalue weighted by Crippen LogP contribution is -2.07. The Kier molecular flexibility index (Phi) is 3.07. The number of aromatic nitrogens is 2. The van der Waals surface area contributed by atoms with Gasteiger partial charge in [0.15, 0.2) is 5.69 Å². The SMILES string of the molecule is CCOC(=O)c1cc(C2CC2)n(-c2ccccc2)n1. The lowest BCUT2D eigenvalue weighted by atomic mass is 10.2. The van der Waals surface area contributed by atoms with Crippen molar-refractivity contribution < 1.29 is 9.53 Å². The van der Waals surface area contributed by atoms with E-state index in [1.807, 2.05) is 41.1 Å². The fourth-order valence-corrected chi connectivity index (χ4v) is 2.15. The van der Waals surface area contributed by atoms with Crippen LogP contribution in [0, 0.1) is 0 Å². The topological polar surface area (TPSA) is 44.1 Å². The number of carbonyl (C=O) groups is 1. The number of ether oxygens (including phenoxy) is 1. The standard InChI is InChI=1S/C15H16N2O2/c1-2-19-15(18)13-10-14(11-8-9-11)17(16-13)12-6-4-3-5-7-12/h3-7,10-11H,2,8-9H2,1H3. The molecule has 0 saturated heterocycles. The molecule has 0 atom stereocenters. The molecule has 0 unspecified atom stereocenters. The molecule has 3 rings (SSSR count). The van der Waals surface area contributed by atoms with E-state index in [4.69, 9.17) is 4.74 Å². The number of rotatable bonds is 4. The van der Waals surface area contributed by atoms with E-state index in [2.05, 4.69) is 5.10 Å². The summed E-state index contributed by atoms with van der Waals surface area (Å²) in [5.41, 5.74) is 2.49. The summed E-state index contributed by atoms with van der Waals surface area (Å²) in [6.45, 7) is 2.17. The number of hydrogen-bond acceptors (Lipinski definition) is 3. The highest BCUT2D eigenvalue weighted by molar-refractivity contribution is 5.87. The van der Waals surface area contributed by atoms with Gasteiger partial charge in [0.25, 0.3) is 0 Å². The van der Waals surface area contributed by atoms with Crippen molar-refractivity contribution in [3.8, 4) is 5.69 Å². The summed E-state index contributed by atoms with van der Waals surface area (Å²) in [5.74, 6) is 0.176. The zero-order valence-corrected chi connectivity index (χ0v) is 10.9. The molecule has 1 aliphatic rings. The predicted octanol–water partition coefficient (Wildman–Crippen LogP) is 2.93. The minimum Gasteiger partial charge on any atom is -0.461 e. The molecule has 0 radical (unpaired) electrons. The Balaban J connectivity index is 2.00. The van der Waals surface area contributed by atoms with Crippen molar-refractivity contribution in [2.45, 2.75) is 25.7 Å². The van der Waals surface area contributed by atoms with Crippen molar-refractivity contribution in [1.82, 2.24) is 9.78 Å². The van der Waals surface area contributed by atoms with Crippen LogP contribution < -0.4 is 0 Å². The van der Waals surface area contributed by atoms with E-state index in [1.54, 1.807) is 6.92 Å². The summed E-state index contributed by atoms with van der Waals surface area (Å²) in [6, 6.07) is 11.8. The maximum Gasteiger partial charge on any atom is 0.358 e. The molecule has 2 aromatic rings. The molecule has 0 spiro atoms. The molecular weight excluding hydrogens is 240 g/mol. The van der Waals surface area contributed by atoms with Crippen molar-refractivity contribution in [1.29, 1.82) is 0 Å². The molecule has 1 saturated carbocycles. The number of carbonyl (C=O) groups excluding carboxylic acids is 1. The Morgan fingerprint density at radius 2 is 2.11 bits per heavy atom. The van der Waals surface area contributed by atoms with Gasteiger partial charge in [0, 0.05) is 11.6 Å². The third-order valence-corrected chi connectivity index (χ3v) is 3.22. The fraction of sp³-hybridized carbons (Fsp3) is 0.333. The highest BCUT2D eigenvalue weighted by atomic mass is 16.5. The van der Waals surface area contributed by atoms with Crippen molar-refractivity contribution in [3.05, 3.63) is 47.8 Å². The first-order valence-corrected chi connectivity index (χ1v) is 6.62. The van der Waals surface area contributed by atoms with Gasteiger partial charge >= 0.3 is 5.97 Å². The molecule has 1 aromatic carbocycles. The fourth-order valence-electron chi connectivity index (χ4n) is 2.15. The molecule has 1 fully saturated rings. The molecule has 4 heteroatoms. The second-order valence-corrected chi connectivity index (χ2v) is 4.70. The lowest BCUT2D eigenvalue weighted by molar-refractivity contribution is 0.0519. The largest absolute Gasteiger partial charge is 0.461 e. The van der Waals surface area contributed by atoms with Gasteiger partial charge in [-0.3, -0.25) is 0 Å². The molecule has 19 heavy (non-hydrogen) atoms. The van der Waals surface area contributed by atoms with Gasteiger partial charge in [-0.2, -0.15) is 5.10 Å². The first kappa shape index (κ1) is 12.0. The van der Waals surface area contributed by atoms with Gasteiger partial charge in [-0.25, -0.2) is 9.48 Å². The van der Waals surface area contributed by atoms with E-state index in [0.29, 0.717) is 18.2 Å². The van der Waals surface area contributed by atoms with Crippen LogP contribution in [0.4, 0.5) is 0 Å². The maximum absolute atomic E-state index is 11.8. The molecule has 0 amide bonds. The van der Waals surface area contributed by atoms with Crippen LogP contribution in [0.1, 0.15) is 41.9 Å². The first-order chi connectivity index (χ1) is 9.29. The average Bonchev–Trinajstić information content (AvgIpc) is 3.19. The summed E-state index contributed by atoms with van der Waals surface area (Å²) in [7, 11) is 0. The smallest absolute Gasteiger partial charge is 0.358 e. The molecule has 4 nitrogen and oxygen atoms in total. The van der Waals surface area contributed by atoms with Crippen LogP contribution in [0.15, 0.2) is 36.4 Å². The van der Waals surface area contributed by atoms with Crippen LogP contribution in [0.2, 0.25) is 0 Å². The van der Waals surface area contributed by atoms with Crippen molar-refractivity contribution in [3.63, 3.8) is 0 Å². The highest BCUT2D eigenvalue weighted by Crippen LogP contribution is 2.41. The molecule has 1 aliphatic carbocycles. The van der Waals surface area contributed by atoms with Crippen LogP contribution in [0.3, 0.4) is 0 Å². The van der Waals surface area contributed by atoms with E-state index in [0.717, 1.165) is 11.4 Å². The van der Waals surface area contributed by atoms with Gasteiger partial charge in [0.1, 0.15) is 0 Å². The van der Waals surface area contributed by atoms with Crippen molar-refractivity contribution in [2.75, 3.05) is 6.61 Å². The Morgan fingerprint density at radius 1 is 1.37 bits per heavy atom. The Hall–Kier alpha value is -2.10. The van der Waals surface area contributed by atoms with Crippen LogP contribution in [-0.2, 0) is 4.74 Å². The summed E-state index contributed by atoms with van der Waals surface area (Å²) in [4.78, 5) is 11.8. The minimum atomic E-state index is -0.348. The number of nitrogens with zero attached hydrogens (tertiary/aromatic N) is 2. The average molecular weight is 256 g/mol. The molecular formula is C15H16N2O2. The summed E-state index contributed by atoms with van der Waals surface area (Å²) in [5, 5.41) is 4.40. The molecule has 0 bridgehead atoms. The summed E-state index contributed by atoms with van der Waals surface area (Å²) < 4.78 is 6.88. The Bertz CT molecular complexity index is 585. The number of hydrogen-bond donors (Lipinski definition) is 0. The molecule has 98 valence electrons. The van der Waals surface area contributed by atoms with Crippen LogP contribution in [-0.4, -0.2) is 22.4 Å². The Morgan fingerprint density at radius 3 is 2.74 bits per heavy atom. The Labute approximate surface area is 112 Å². The predicted molar refractivity (Wildman–Crippen MR) is 71.5 cm³/mol. The normalized spacial score (nSPS) is 14.4. The van der Waals surface area contributed by atoms with E-state index in [-0.39, 0.29) is 5.97 Å². The summed E-state index contributed by atoms with van der Waals surface area (Å²) >= 11 is 0. The quantitative estimate of drug-likeness (QED) is 0.790. The minimum absolute atomic E-state index is 0.348. The number of para-hydroxylation sites is 1. The zero-order valence-electron chi connectivity index (χ0n) is 10.9. The van der Waals surface area contributed by atoms with E-state index in [1.165, 1.54) is 12.8 Å². The van der Waals surface area contributed by atoms with Gasteiger partial charge in [-0.1, -0.05) is 18.2 Å². The van der Waals surface area contributed by atoms with Gasteiger partial charge in [0.2, 0.25) is 0 Å². The third-order valence-electron chi connectivity index (χ3n) is 3.22. The van der Waals surface area contributed by atoms with E-state index < -0.39 is 0 Å². The lowest BCUT2D eigenvalue weighted by Gasteiger charge is -2.05. The monoisotopic (exact) mass is 256 g/mol. The van der Waals surface area contributed by atoms with Crippen LogP contribution >= 0.6 is 0 Å². The van der Waals surface area contributed by atoms with Crippen LogP contribution in [0.25, 0.3) is 5.69 Å². The van der Waals surface area contributed by atoms with E-state index >= 15 is 0 Å². The van der Waals surface area contributed by atoms with Gasteiger partial charge in [-0.05, 0) is 38.0 Å². The molecule has 0 aliphatic heterocycles. The third kappa shape index (κ3) is 2.38. The molecule has 0 N–H and O–H groups in total. The van der Waals surface area contributed by atoms with E-state index in [9.17, 15) is 4.79 Å². The number of esters is 1. The zero-order chi connectivity index (χ0) is 13.2. The van der Waals surface area contributed by atoms with Crippen molar-refractivity contribution >= 4 is 5.97 Å². The van der Waals surface area contributed by atoms with Gasteiger partial charge in [-0.15, -0.1) is 0 Å². The number of benzene rings is 1. The first-order valence-electron chi connectivity index (χ1n) is 6.62. The second-order valence-electron chi connectivity index (χ2n) is 4.70. The highest BCUT2D eigenvalue weighted by Gasteiger charge is 2.30. The van der Waals surface area contributed by atoms with Gasteiger partial charge in [0.05, 0.1) is 12.3 Å². The van der Waals surface area contributed by atoms with Gasteiger partial charge < -0.3 is 4.74 Å². The molecule has 1 aromatic heterocycles. The maximum atomic E-state index is 11.8. The van der Waals surface area contributed by atoms with Crippen molar-refractivity contribution in [2.24, 2.45) is 0 Å².